The van der Waals surface area contributed by atoms with Crippen molar-refractivity contribution in [2.24, 2.45) is 5.92 Å². The van der Waals surface area contributed by atoms with Crippen LogP contribution in [0.5, 0.6) is 0 Å². The van der Waals surface area contributed by atoms with Gasteiger partial charge in [0, 0.05) is 17.5 Å². The Bertz CT molecular complexity index is 1020. The third-order valence-corrected chi connectivity index (χ3v) is 4.65. The number of carbonyl (C=O) groups is 1. The van der Waals surface area contributed by atoms with E-state index < -0.39 is 17.3 Å². The summed E-state index contributed by atoms with van der Waals surface area (Å²) in [6.45, 7) is 2.08. The molecule has 25 heavy (non-hydrogen) atoms. The van der Waals surface area contributed by atoms with Crippen LogP contribution in [-0.4, -0.2) is 20.7 Å². The second kappa shape index (κ2) is 5.84. The molecule has 1 saturated carbocycles. The fraction of sp³-hybridized carbons (Fsp3) is 0.278. The molecule has 7 heteroatoms. The number of anilines is 1. The molecule has 2 heterocycles. The van der Waals surface area contributed by atoms with Crippen molar-refractivity contribution >= 4 is 22.6 Å². The Balaban J connectivity index is 1.69. The lowest BCUT2D eigenvalue weighted by atomic mass is 10.1. The summed E-state index contributed by atoms with van der Waals surface area (Å²) in [7, 11) is 0. The van der Waals surface area contributed by atoms with Crippen LogP contribution in [0.2, 0.25) is 0 Å². The average Bonchev–Trinajstić information content (AvgIpc) is 3.33. The monoisotopic (exact) mass is 340 g/mol. The van der Waals surface area contributed by atoms with Gasteiger partial charge in [-0.25, -0.2) is 9.07 Å². The molecular weight excluding hydrogens is 323 g/mol. The van der Waals surface area contributed by atoms with Gasteiger partial charge in [-0.3, -0.25) is 9.59 Å². The highest BCUT2D eigenvalue weighted by atomic mass is 19.1. The van der Waals surface area contributed by atoms with E-state index in [0.717, 1.165) is 0 Å². The van der Waals surface area contributed by atoms with Crippen LogP contribution in [0.4, 0.5) is 10.2 Å². The summed E-state index contributed by atoms with van der Waals surface area (Å²) < 4.78 is 15.2. The molecule has 6 nitrogen and oxygen atoms in total. The van der Waals surface area contributed by atoms with Gasteiger partial charge in [-0.05, 0) is 43.9 Å². The SMILES string of the molecule is CC(C1CC1)n1nccc1NC(=O)c1cc(=O)[nH]c2cc(F)ccc12. The summed E-state index contributed by atoms with van der Waals surface area (Å²) >= 11 is 0. The molecule has 2 N–H and O–H groups in total. The summed E-state index contributed by atoms with van der Waals surface area (Å²) in [6, 6.07) is 7.10. The van der Waals surface area contributed by atoms with E-state index in [1.165, 1.54) is 37.1 Å². The number of hydrogen-bond donors (Lipinski definition) is 2. The van der Waals surface area contributed by atoms with Gasteiger partial charge in [0.1, 0.15) is 11.6 Å². The van der Waals surface area contributed by atoms with Crippen molar-refractivity contribution < 1.29 is 9.18 Å². The van der Waals surface area contributed by atoms with Crippen molar-refractivity contribution in [3.05, 3.63) is 58.3 Å². The number of fused-ring (bicyclic) bond motifs is 1. The van der Waals surface area contributed by atoms with Crippen LogP contribution < -0.4 is 10.9 Å². The first-order valence-corrected chi connectivity index (χ1v) is 8.20. The molecule has 1 atom stereocenters. The minimum atomic E-state index is -0.475. The largest absolute Gasteiger partial charge is 0.322 e. The Hall–Kier alpha value is -2.96. The van der Waals surface area contributed by atoms with E-state index >= 15 is 0 Å². The lowest BCUT2D eigenvalue weighted by Gasteiger charge is -2.15. The van der Waals surface area contributed by atoms with Crippen molar-refractivity contribution in [3.8, 4) is 0 Å². The number of halogens is 1. The first-order valence-electron chi connectivity index (χ1n) is 8.20. The molecule has 0 aliphatic heterocycles. The highest BCUT2D eigenvalue weighted by Gasteiger charge is 2.30. The van der Waals surface area contributed by atoms with Gasteiger partial charge >= 0.3 is 0 Å². The smallest absolute Gasteiger partial charge is 0.257 e. The van der Waals surface area contributed by atoms with Crippen LogP contribution in [-0.2, 0) is 0 Å². The van der Waals surface area contributed by atoms with Gasteiger partial charge in [0.15, 0.2) is 0 Å². The maximum atomic E-state index is 13.4. The number of carbonyl (C=O) groups excluding carboxylic acids is 1. The van der Waals surface area contributed by atoms with Crippen molar-refractivity contribution in [2.45, 2.75) is 25.8 Å². The minimum absolute atomic E-state index is 0.200. The first kappa shape index (κ1) is 15.6. The zero-order valence-electron chi connectivity index (χ0n) is 13.6. The van der Waals surface area contributed by atoms with Gasteiger partial charge in [0.2, 0.25) is 5.56 Å². The van der Waals surface area contributed by atoms with Gasteiger partial charge in [-0.1, -0.05) is 0 Å². The van der Waals surface area contributed by atoms with Crippen LogP contribution in [0.25, 0.3) is 10.9 Å². The number of pyridine rings is 1. The van der Waals surface area contributed by atoms with Crippen molar-refractivity contribution in [3.63, 3.8) is 0 Å². The fourth-order valence-electron chi connectivity index (χ4n) is 3.12. The van der Waals surface area contributed by atoms with E-state index in [9.17, 15) is 14.0 Å². The summed E-state index contributed by atoms with van der Waals surface area (Å²) in [5.74, 6) is 0.267. The van der Waals surface area contributed by atoms with Gasteiger partial charge in [0.25, 0.3) is 5.91 Å². The van der Waals surface area contributed by atoms with Crippen LogP contribution in [0.15, 0.2) is 41.3 Å². The quantitative estimate of drug-likeness (QED) is 0.766. The molecule has 3 aromatic rings. The molecule has 128 valence electrons. The third-order valence-electron chi connectivity index (χ3n) is 4.65. The van der Waals surface area contributed by atoms with Gasteiger partial charge in [0.05, 0.1) is 23.3 Å². The molecule has 0 saturated heterocycles. The number of hydrogen-bond acceptors (Lipinski definition) is 3. The van der Waals surface area contributed by atoms with E-state index in [0.29, 0.717) is 17.1 Å². The summed E-state index contributed by atoms with van der Waals surface area (Å²) in [4.78, 5) is 27.1. The number of nitrogens with zero attached hydrogens (tertiary/aromatic N) is 2. The Morgan fingerprint density at radius 3 is 2.92 bits per heavy atom. The third kappa shape index (κ3) is 2.93. The number of nitrogens with one attached hydrogen (secondary N) is 2. The maximum absolute atomic E-state index is 13.4. The summed E-state index contributed by atoms with van der Waals surface area (Å²) in [5, 5.41) is 7.61. The Morgan fingerprint density at radius 1 is 1.36 bits per heavy atom. The zero-order valence-corrected chi connectivity index (χ0v) is 13.6. The molecule has 1 aromatic carbocycles. The number of aromatic amines is 1. The van der Waals surface area contributed by atoms with Crippen LogP contribution in [0, 0.1) is 11.7 Å². The molecule has 4 rings (SSSR count). The van der Waals surface area contributed by atoms with Gasteiger partial charge in [-0.2, -0.15) is 5.10 Å². The molecule has 1 amide bonds. The van der Waals surface area contributed by atoms with E-state index in [2.05, 4.69) is 22.3 Å². The molecule has 2 aromatic heterocycles. The number of amides is 1. The zero-order chi connectivity index (χ0) is 17.6. The summed E-state index contributed by atoms with van der Waals surface area (Å²) in [5.41, 5.74) is 0.0335. The van der Waals surface area contributed by atoms with E-state index in [1.54, 1.807) is 16.9 Å². The Kier molecular flexibility index (Phi) is 3.63. The Morgan fingerprint density at radius 2 is 2.16 bits per heavy atom. The predicted octanol–water partition coefficient (Wildman–Crippen LogP) is 3.09. The molecule has 1 aliphatic rings. The molecule has 1 aliphatic carbocycles. The summed E-state index contributed by atoms with van der Waals surface area (Å²) in [6.07, 6.45) is 3.97. The normalized spacial score (nSPS) is 15.3. The van der Waals surface area contributed by atoms with Crippen molar-refractivity contribution in [1.82, 2.24) is 14.8 Å². The maximum Gasteiger partial charge on any atom is 0.257 e. The molecule has 0 spiro atoms. The molecule has 1 unspecified atom stereocenters. The topological polar surface area (TPSA) is 79.8 Å². The van der Waals surface area contributed by atoms with Gasteiger partial charge in [-0.15, -0.1) is 0 Å². The molecule has 0 radical (unpaired) electrons. The fourth-order valence-corrected chi connectivity index (χ4v) is 3.12. The number of aromatic nitrogens is 3. The van der Waals surface area contributed by atoms with E-state index in [1.807, 2.05) is 0 Å². The van der Waals surface area contributed by atoms with Crippen LogP contribution in [0.3, 0.4) is 0 Å². The highest BCUT2D eigenvalue weighted by molar-refractivity contribution is 6.11. The molecule has 0 bridgehead atoms. The Labute approximate surface area is 142 Å². The second-order valence-corrected chi connectivity index (χ2v) is 6.43. The number of benzene rings is 1. The minimum Gasteiger partial charge on any atom is -0.322 e. The average molecular weight is 340 g/mol. The van der Waals surface area contributed by atoms with E-state index in [4.69, 9.17) is 0 Å². The number of rotatable bonds is 4. The van der Waals surface area contributed by atoms with Crippen LogP contribution >= 0.6 is 0 Å². The lowest BCUT2D eigenvalue weighted by Crippen LogP contribution is -2.20. The first-order chi connectivity index (χ1) is 12.0. The van der Waals surface area contributed by atoms with Gasteiger partial charge < -0.3 is 10.3 Å². The van der Waals surface area contributed by atoms with Crippen molar-refractivity contribution in [1.29, 1.82) is 0 Å². The predicted molar refractivity (Wildman–Crippen MR) is 92.1 cm³/mol. The molecule has 1 fully saturated rings. The lowest BCUT2D eigenvalue weighted by molar-refractivity contribution is 0.102. The van der Waals surface area contributed by atoms with Crippen LogP contribution in [0.1, 0.15) is 36.2 Å². The number of H-pyrrole nitrogens is 1. The second-order valence-electron chi connectivity index (χ2n) is 6.43. The van der Waals surface area contributed by atoms with E-state index in [-0.39, 0.29) is 17.1 Å². The van der Waals surface area contributed by atoms with Crippen molar-refractivity contribution in [2.75, 3.05) is 5.32 Å². The molecular formula is C18H17FN4O2. The highest BCUT2D eigenvalue weighted by Crippen LogP contribution is 2.40. The standard InChI is InChI=1S/C18H17FN4O2/c1-10(11-2-3-11)23-16(6-7-20-23)22-18(25)14-9-17(24)21-15-8-12(19)4-5-13(14)15/h4-11H,2-3H2,1H3,(H,21,24)(H,22,25).